The third-order valence-electron chi connectivity index (χ3n) is 5.96. The number of imidazole rings is 1. The number of H-pyrrole nitrogens is 1. The summed E-state index contributed by atoms with van der Waals surface area (Å²) in [4.78, 5) is 35.7. The van der Waals surface area contributed by atoms with Crippen molar-refractivity contribution in [2.45, 2.75) is 26.0 Å². The van der Waals surface area contributed by atoms with Crippen LogP contribution in [0.5, 0.6) is 11.5 Å². The first kappa shape index (κ1) is 23.2. The molecule has 1 aliphatic heterocycles. The minimum Gasteiger partial charge on any atom is -0.507 e. The number of aliphatic hydroxyl groups excluding tert-OH is 1. The maximum atomic E-state index is 13.4. The van der Waals surface area contributed by atoms with Gasteiger partial charge < -0.3 is 19.6 Å². The number of rotatable bonds is 6. The highest BCUT2D eigenvalue weighted by Gasteiger charge is 2.48. The van der Waals surface area contributed by atoms with Crippen molar-refractivity contribution in [3.05, 3.63) is 89.5 Å². The topological polar surface area (TPSA) is 105 Å². The number of anilines is 1. The van der Waals surface area contributed by atoms with E-state index in [1.165, 1.54) is 12.0 Å². The molecular formula is C28H25N3O5. The van der Waals surface area contributed by atoms with Crippen molar-refractivity contribution in [2.24, 2.45) is 0 Å². The fraction of sp³-hybridized carbons (Fsp3) is 0.179. The Kier molecular flexibility index (Phi) is 5.93. The van der Waals surface area contributed by atoms with E-state index in [-0.39, 0.29) is 23.4 Å². The van der Waals surface area contributed by atoms with E-state index in [0.717, 1.165) is 5.52 Å². The molecule has 1 aromatic heterocycles. The van der Waals surface area contributed by atoms with Gasteiger partial charge in [-0.05, 0) is 55.8 Å². The van der Waals surface area contributed by atoms with Crippen LogP contribution >= 0.6 is 0 Å². The number of amides is 1. The van der Waals surface area contributed by atoms with Gasteiger partial charge in [0.15, 0.2) is 0 Å². The molecule has 1 aliphatic rings. The molecule has 182 valence electrons. The molecule has 1 atom stereocenters. The van der Waals surface area contributed by atoms with Gasteiger partial charge in [-0.1, -0.05) is 36.4 Å². The Balaban J connectivity index is 1.69. The molecule has 0 radical (unpaired) electrons. The minimum atomic E-state index is -0.912. The van der Waals surface area contributed by atoms with Crippen LogP contribution in [0.4, 0.5) is 5.95 Å². The lowest BCUT2D eigenvalue weighted by Gasteiger charge is -2.23. The molecule has 0 spiro atoms. The lowest BCUT2D eigenvalue weighted by Crippen LogP contribution is -2.30. The van der Waals surface area contributed by atoms with Gasteiger partial charge in [0.05, 0.1) is 35.9 Å². The van der Waals surface area contributed by atoms with E-state index in [2.05, 4.69) is 9.97 Å². The largest absolute Gasteiger partial charge is 0.507 e. The highest BCUT2D eigenvalue weighted by atomic mass is 16.5. The summed E-state index contributed by atoms with van der Waals surface area (Å²) in [6, 6.07) is 20.3. The molecule has 2 N–H and O–H groups in total. The van der Waals surface area contributed by atoms with Crippen molar-refractivity contribution in [2.75, 3.05) is 12.0 Å². The number of aromatic nitrogens is 2. The van der Waals surface area contributed by atoms with Gasteiger partial charge in [0.1, 0.15) is 17.3 Å². The number of hydrogen-bond acceptors (Lipinski definition) is 6. The number of methoxy groups -OCH3 is 1. The third kappa shape index (κ3) is 4.07. The summed E-state index contributed by atoms with van der Waals surface area (Å²) in [5.74, 6) is -0.498. The fourth-order valence-corrected chi connectivity index (χ4v) is 4.35. The van der Waals surface area contributed by atoms with Crippen LogP contribution in [0, 0.1) is 0 Å². The smallest absolute Gasteiger partial charge is 0.302 e. The molecule has 36 heavy (non-hydrogen) atoms. The molecule has 8 heteroatoms. The number of hydrogen-bond donors (Lipinski definition) is 2. The summed E-state index contributed by atoms with van der Waals surface area (Å²) >= 11 is 0. The number of aromatic amines is 1. The van der Waals surface area contributed by atoms with Gasteiger partial charge in [0.25, 0.3) is 5.78 Å². The van der Waals surface area contributed by atoms with Crippen LogP contribution in [0.25, 0.3) is 16.8 Å². The summed E-state index contributed by atoms with van der Waals surface area (Å²) in [5.41, 5.74) is 2.33. The van der Waals surface area contributed by atoms with Crippen LogP contribution in [0.15, 0.2) is 78.4 Å². The molecule has 2 heterocycles. The van der Waals surface area contributed by atoms with Crippen LogP contribution < -0.4 is 14.4 Å². The van der Waals surface area contributed by atoms with Crippen molar-refractivity contribution in [3.8, 4) is 11.5 Å². The molecule has 5 rings (SSSR count). The minimum absolute atomic E-state index is 0.00917. The number of aliphatic hydroxyl groups is 1. The van der Waals surface area contributed by atoms with Crippen molar-refractivity contribution in [3.63, 3.8) is 0 Å². The van der Waals surface area contributed by atoms with Crippen LogP contribution in [0.1, 0.15) is 31.0 Å². The van der Waals surface area contributed by atoms with Gasteiger partial charge in [-0.3, -0.25) is 14.5 Å². The number of Topliss-reactive ketones (excluding diaryl/α,β-unsaturated/α-hetero) is 1. The molecule has 0 aliphatic carbocycles. The highest BCUT2D eigenvalue weighted by molar-refractivity contribution is 6.51. The van der Waals surface area contributed by atoms with E-state index in [1.54, 1.807) is 48.5 Å². The Hall–Kier alpha value is -4.59. The first-order valence-electron chi connectivity index (χ1n) is 11.5. The molecule has 1 unspecified atom stereocenters. The number of nitrogens with zero attached hydrogens (tertiary/aromatic N) is 2. The van der Waals surface area contributed by atoms with Crippen molar-refractivity contribution < 1.29 is 24.2 Å². The standard InChI is InChI=1S/C28H25N3O5/c1-16(2)36-19-13-11-17(12-14-19)24-23(25(32)18-7-6-8-20(15-18)35-3)26(33)27(34)31(24)28-29-21-9-4-5-10-22(21)30-28/h4-16,24,32H,1-3H3,(H,29,30)/b25-23+. The Labute approximate surface area is 207 Å². The quantitative estimate of drug-likeness (QED) is 0.228. The van der Waals surface area contributed by atoms with Crippen LogP contribution in [0.2, 0.25) is 0 Å². The molecule has 3 aromatic carbocycles. The Morgan fingerprint density at radius 2 is 1.75 bits per heavy atom. The van der Waals surface area contributed by atoms with E-state index in [0.29, 0.717) is 28.1 Å². The average Bonchev–Trinajstić information content (AvgIpc) is 3.42. The first-order chi connectivity index (χ1) is 17.4. The monoisotopic (exact) mass is 483 g/mol. The normalized spacial score (nSPS) is 17.2. The van der Waals surface area contributed by atoms with Gasteiger partial charge in [0.2, 0.25) is 5.95 Å². The van der Waals surface area contributed by atoms with Crippen LogP contribution in [-0.4, -0.2) is 40.0 Å². The third-order valence-corrected chi connectivity index (χ3v) is 5.96. The Morgan fingerprint density at radius 3 is 2.44 bits per heavy atom. The molecule has 1 amide bonds. The van der Waals surface area contributed by atoms with Crippen LogP contribution in [0.3, 0.4) is 0 Å². The van der Waals surface area contributed by atoms with E-state index in [1.807, 2.05) is 38.1 Å². The molecule has 0 bridgehead atoms. The number of nitrogens with one attached hydrogen (secondary N) is 1. The summed E-state index contributed by atoms with van der Waals surface area (Å²) in [6.07, 6.45) is -0.00917. The number of ether oxygens (including phenoxy) is 2. The van der Waals surface area contributed by atoms with Crippen molar-refractivity contribution in [1.82, 2.24) is 9.97 Å². The second-order valence-electron chi connectivity index (χ2n) is 8.71. The number of ketones is 1. The lowest BCUT2D eigenvalue weighted by molar-refractivity contribution is -0.132. The lowest BCUT2D eigenvalue weighted by atomic mass is 9.95. The Bertz CT molecular complexity index is 1450. The molecular weight excluding hydrogens is 458 g/mol. The van der Waals surface area contributed by atoms with Crippen molar-refractivity contribution >= 4 is 34.4 Å². The Morgan fingerprint density at radius 1 is 1.00 bits per heavy atom. The fourth-order valence-electron chi connectivity index (χ4n) is 4.35. The first-order valence-corrected chi connectivity index (χ1v) is 11.5. The van der Waals surface area contributed by atoms with E-state index >= 15 is 0 Å². The summed E-state index contributed by atoms with van der Waals surface area (Å²) in [7, 11) is 1.51. The van der Waals surface area contributed by atoms with Gasteiger partial charge in [0, 0.05) is 5.56 Å². The second-order valence-corrected chi connectivity index (χ2v) is 8.71. The molecule has 1 saturated heterocycles. The zero-order valence-electron chi connectivity index (χ0n) is 20.1. The number of fused-ring (bicyclic) bond motifs is 1. The SMILES string of the molecule is COc1cccc(/C(O)=C2\C(=O)C(=O)N(c3nc4ccccc4[nH]3)C2c2ccc(OC(C)C)cc2)c1. The predicted octanol–water partition coefficient (Wildman–Crippen LogP) is 4.99. The molecule has 0 saturated carbocycles. The number of carbonyl (C=O) groups excluding carboxylic acids is 2. The molecule has 4 aromatic rings. The van der Waals surface area contributed by atoms with Crippen molar-refractivity contribution in [1.29, 1.82) is 0 Å². The zero-order chi connectivity index (χ0) is 25.4. The maximum Gasteiger partial charge on any atom is 0.302 e. The number of benzene rings is 3. The average molecular weight is 484 g/mol. The maximum absolute atomic E-state index is 13.4. The zero-order valence-corrected chi connectivity index (χ0v) is 20.1. The van der Waals surface area contributed by atoms with Gasteiger partial charge in [-0.15, -0.1) is 0 Å². The number of para-hydroxylation sites is 2. The molecule has 8 nitrogen and oxygen atoms in total. The summed E-state index contributed by atoms with van der Waals surface area (Å²) < 4.78 is 11.0. The summed E-state index contributed by atoms with van der Waals surface area (Å²) in [6.45, 7) is 3.86. The number of carbonyl (C=O) groups is 2. The molecule has 1 fully saturated rings. The van der Waals surface area contributed by atoms with E-state index in [9.17, 15) is 14.7 Å². The van der Waals surface area contributed by atoms with E-state index in [4.69, 9.17) is 9.47 Å². The highest BCUT2D eigenvalue weighted by Crippen LogP contribution is 2.42. The van der Waals surface area contributed by atoms with E-state index < -0.39 is 17.7 Å². The van der Waals surface area contributed by atoms with Gasteiger partial charge in [-0.25, -0.2) is 4.98 Å². The second kappa shape index (κ2) is 9.22. The van der Waals surface area contributed by atoms with Crippen LogP contribution in [-0.2, 0) is 9.59 Å². The summed E-state index contributed by atoms with van der Waals surface area (Å²) in [5, 5.41) is 11.3. The predicted molar refractivity (Wildman–Crippen MR) is 136 cm³/mol. The van der Waals surface area contributed by atoms with Gasteiger partial charge >= 0.3 is 5.91 Å². The van der Waals surface area contributed by atoms with Gasteiger partial charge in [-0.2, -0.15) is 0 Å².